The van der Waals surface area contributed by atoms with E-state index in [1.54, 1.807) is 6.07 Å². The van der Waals surface area contributed by atoms with Gasteiger partial charge in [-0.3, -0.25) is 4.79 Å². The number of H-pyrrole nitrogens is 1. The fourth-order valence-electron chi connectivity index (χ4n) is 1.89. The van der Waals surface area contributed by atoms with E-state index in [0.717, 1.165) is 5.56 Å². The maximum Gasteiger partial charge on any atom is 0.253 e. The van der Waals surface area contributed by atoms with Crippen molar-refractivity contribution in [3.63, 3.8) is 0 Å². The molecule has 0 aliphatic heterocycles. The van der Waals surface area contributed by atoms with Crippen LogP contribution in [0, 0.1) is 6.92 Å². The molecule has 2 heterocycles. The molecule has 0 aliphatic rings. The number of nitrogens with one attached hydrogen (secondary N) is 1. The highest BCUT2D eigenvalue weighted by Gasteiger charge is 2.04. The van der Waals surface area contributed by atoms with E-state index in [2.05, 4.69) is 39.0 Å². The minimum absolute atomic E-state index is 0.218. The first-order valence-electron chi connectivity index (χ1n) is 7.97. The lowest BCUT2D eigenvalue weighted by Gasteiger charge is -2.06. The van der Waals surface area contributed by atoms with Crippen LogP contribution in [0.3, 0.4) is 0 Å². The molecular weight excluding hydrogens is 439 g/mol. The normalized spacial score (nSPS) is 10.2. The molecule has 0 bridgehead atoms. The van der Waals surface area contributed by atoms with Crippen LogP contribution < -0.4 is 10.3 Å². The molecule has 6 nitrogen and oxygen atoms in total. The molecule has 2 aromatic heterocycles. The average Bonchev–Trinajstić information content (AvgIpc) is 2.67. The highest BCUT2D eigenvalue weighted by atomic mass is 35.5. The second-order valence-corrected chi connectivity index (χ2v) is 7.71. The summed E-state index contributed by atoms with van der Waals surface area (Å²) < 4.78 is 5.61. The van der Waals surface area contributed by atoms with Crippen molar-refractivity contribution in [1.82, 2.24) is 19.9 Å². The molecule has 0 atom stereocenters. The summed E-state index contributed by atoms with van der Waals surface area (Å²) >= 11 is 14.2. The summed E-state index contributed by atoms with van der Waals surface area (Å²) in [6.45, 7) is 2.53. The Morgan fingerprint density at radius 2 is 1.68 bits per heavy atom. The van der Waals surface area contributed by atoms with E-state index in [1.165, 1.54) is 35.2 Å². The van der Waals surface area contributed by atoms with Crippen LogP contribution in [0.25, 0.3) is 0 Å². The van der Waals surface area contributed by atoms with E-state index >= 15 is 0 Å². The summed E-state index contributed by atoms with van der Waals surface area (Å²) in [4.78, 5) is 25.3. The summed E-state index contributed by atoms with van der Waals surface area (Å²) in [5.41, 5.74) is 2.11. The van der Waals surface area contributed by atoms with Crippen LogP contribution in [-0.2, 0) is 6.61 Å². The number of halogens is 2. The Balaban J connectivity index is 0.000000237. The van der Waals surface area contributed by atoms with Crippen molar-refractivity contribution in [2.24, 2.45) is 0 Å². The lowest BCUT2D eigenvalue weighted by atomic mass is 10.2. The third kappa shape index (κ3) is 7.71. The molecule has 0 spiro atoms. The van der Waals surface area contributed by atoms with Gasteiger partial charge in [0.15, 0.2) is 10.3 Å². The van der Waals surface area contributed by atoms with Crippen molar-refractivity contribution in [3.8, 4) is 5.88 Å². The maximum absolute atomic E-state index is 10.7. The van der Waals surface area contributed by atoms with Crippen LogP contribution in [0.1, 0.15) is 11.1 Å². The number of hydrogen-bond donors (Lipinski definition) is 1. The predicted molar refractivity (Wildman–Crippen MR) is 116 cm³/mol. The first-order chi connectivity index (χ1) is 13.4. The summed E-state index contributed by atoms with van der Waals surface area (Å²) in [6.07, 6.45) is 3.71. The minimum Gasteiger partial charge on any atom is -0.473 e. The number of ether oxygens (including phenoxy) is 1. The highest BCUT2D eigenvalue weighted by molar-refractivity contribution is 7.98. The Hall–Kier alpha value is -1.74. The molecule has 0 saturated heterocycles. The van der Waals surface area contributed by atoms with Gasteiger partial charge in [-0.2, -0.15) is 4.98 Å². The molecule has 3 rings (SSSR count). The van der Waals surface area contributed by atoms with Crippen molar-refractivity contribution >= 4 is 46.7 Å². The molecule has 3 aromatic rings. The maximum atomic E-state index is 10.7. The van der Waals surface area contributed by atoms with Gasteiger partial charge in [0, 0.05) is 12.1 Å². The standard InChI is InChI=1S/C13H13ClN2OS.C5H5ClN2OS/c1-9-3-5-10(6-4-9)8-17-12-7-11(14)15-13(16-12)18-2;1-10-5-7-3(6)2-4(9)8-5/h3-7H,8H2,1-2H3;2H,1H3,(H,7,8,9). The SMILES string of the molecule is CSc1nc(Cl)cc(=O)[nH]1.CSc1nc(Cl)cc(OCc2ccc(C)cc2)n1. The van der Waals surface area contributed by atoms with Gasteiger partial charge in [-0.15, -0.1) is 0 Å². The fraction of sp³-hybridized carbons (Fsp3) is 0.222. The van der Waals surface area contributed by atoms with Gasteiger partial charge < -0.3 is 9.72 Å². The summed E-state index contributed by atoms with van der Waals surface area (Å²) in [5, 5.41) is 1.78. The Morgan fingerprint density at radius 3 is 2.29 bits per heavy atom. The van der Waals surface area contributed by atoms with Gasteiger partial charge in [0.05, 0.1) is 0 Å². The molecule has 0 fully saturated rings. The fourth-order valence-corrected chi connectivity index (χ4v) is 3.11. The second-order valence-electron chi connectivity index (χ2n) is 5.37. The lowest BCUT2D eigenvalue weighted by Crippen LogP contribution is -2.05. The number of rotatable bonds is 5. The Morgan fingerprint density at radius 1 is 1.00 bits per heavy atom. The topological polar surface area (TPSA) is 80.8 Å². The molecule has 0 unspecified atom stereocenters. The quantitative estimate of drug-likeness (QED) is 0.332. The van der Waals surface area contributed by atoms with Gasteiger partial charge in [0.25, 0.3) is 5.56 Å². The summed E-state index contributed by atoms with van der Waals surface area (Å²) in [7, 11) is 0. The smallest absolute Gasteiger partial charge is 0.253 e. The molecule has 0 saturated carbocycles. The zero-order valence-electron chi connectivity index (χ0n) is 15.4. The minimum atomic E-state index is -0.218. The van der Waals surface area contributed by atoms with E-state index in [4.69, 9.17) is 27.9 Å². The van der Waals surface area contributed by atoms with Crippen LogP contribution in [0.4, 0.5) is 0 Å². The summed E-state index contributed by atoms with van der Waals surface area (Å²) in [5.74, 6) is 0.500. The van der Waals surface area contributed by atoms with Gasteiger partial charge in [-0.05, 0) is 25.0 Å². The van der Waals surface area contributed by atoms with Crippen molar-refractivity contribution in [1.29, 1.82) is 0 Å². The molecule has 0 radical (unpaired) electrons. The predicted octanol–water partition coefficient (Wildman–Crippen LogP) is 4.88. The molecule has 10 heteroatoms. The summed E-state index contributed by atoms with van der Waals surface area (Å²) in [6, 6.07) is 11.0. The number of hydrogen-bond acceptors (Lipinski definition) is 7. The third-order valence-electron chi connectivity index (χ3n) is 3.22. The number of nitrogens with zero attached hydrogens (tertiary/aromatic N) is 3. The molecule has 0 amide bonds. The molecule has 0 aliphatic carbocycles. The largest absolute Gasteiger partial charge is 0.473 e. The Bertz CT molecular complexity index is 969. The first kappa shape index (κ1) is 22.5. The molecule has 1 N–H and O–H groups in total. The van der Waals surface area contributed by atoms with Crippen LogP contribution in [0.2, 0.25) is 10.3 Å². The van der Waals surface area contributed by atoms with E-state index in [9.17, 15) is 4.79 Å². The molecule has 28 heavy (non-hydrogen) atoms. The number of aromatic amines is 1. The Labute approximate surface area is 181 Å². The van der Waals surface area contributed by atoms with Crippen LogP contribution in [0.15, 0.2) is 51.5 Å². The zero-order valence-corrected chi connectivity index (χ0v) is 18.5. The van der Waals surface area contributed by atoms with Crippen molar-refractivity contribution < 1.29 is 4.74 Å². The van der Waals surface area contributed by atoms with Crippen LogP contribution >= 0.6 is 46.7 Å². The number of thioether (sulfide) groups is 2. The third-order valence-corrected chi connectivity index (χ3v) is 4.74. The number of aryl methyl sites for hydroxylation is 1. The van der Waals surface area contributed by atoms with Crippen molar-refractivity contribution in [2.45, 2.75) is 23.8 Å². The van der Waals surface area contributed by atoms with Gasteiger partial charge in [-0.1, -0.05) is 76.6 Å². The monoisotopic (exact) mass is 456 g/mol. The molecule has 148 valence electrons. The van der Waals surface area contributed by atoms with Crippen molar-refractivity contribution in [2.75, 3.05) is 12.5 Å². The second kappa shape index (κ2) is 11.3. The van der Waals surface area contributed by atoms with Gasteiger partial charge in [0.2, 0.25) is 5.88 Å². The molecular formula is C18H18Cl2N4O2S2. The number of benzene rings is 1. The van der Waals surface area contributed by atoms with E-state index in [1.807, 2.05) is 24.6 Å². The van der Waals surface area contributed by atoms with Crippen LogP contribution in [0.5, 0.6) is 5.88 Å². The van der Waals surface area contributed by atoms with Crippen molar-refractivity contribution in [3.05, 3.63) is 68.2 Å². The zero-order chi connectivity index (χ0) is 20.5. The van der Waals surface area contributed by atoms with Gasteiger partial charge in [0.1, 0.15) is 16.9 Å². The Kier molecular flexibility index (Phi) is 9.11. The molecule has 1 aromatic carbocycles. The van der Waals surface area contributed by atoms with E-state index in [0.29, 0.717) is 28.0 Å². The highest BCUT2D eigenvalue weighted by Crippen LogP contribution is 2.19. The van der Waals surface area contributed by atoms with E-state index in [-0.39, 0.29) is 10.7 Å². The number of aromatic nitrogens is 4. The average molecular weight is 457 g/mol. The van der Waals surface area contributed by atoms with Gasteiger partial charge in [-0.25, -0.2) is 9.97 Å². The van der Waals surface area contributed by atoms with Crippen LogP contribution in [-0.4, -0.2) is 32.4 Å². The lowest BCUT2D eigenvalue weighted by molar-refractivity contribution is 0.290. The van der Waals surface area contributed by atoms with Gasteiger partial charge >= 0.3 is 0 Å². The first-order valence-corrected chi connectivity index (χ1v) is 11.2. The van der Waals surface area contributed by atoms with E-state index < -0.39 is 0 Å².